The predicted octanol–water partition coefficient (Wildman–Crippen LogP) is 4.28. The lowest BCUT2D eigenvalue weighted by Gasteiger charge is -2.11. The number of aromatic nitrogens is 2. The van der Waals surface area contributed by atoms with Gasteiger partial charge in [-0.05, 0) is 36.8 Å². The normalized spacial score (nSPS) is 10.6. The lowest BCUT2D eigenvalue weighted by Crippen LogP contribution is -1.95. The number of rotatable bonds is 4. The molecule has 0 saturated heterocycles. The van der Waals surface area contributed by atoms with Gasteiger partial charge in [0.1, 0.15) is 17.4 Å². The van der Waals surface area contributed by atoms with Gasteiger partial charge in [-0.15, -0.1) is 0 Å². The maximum Gasteiger partial charge on any atom is 0.138 e. The first-order valence-corrected chi connectivity index (χ1v) is 6.81. The smallest absolute Gasteiger partial charge is 0.138 e. The molecule has 0 radical (unpaired) electrons. The van der Waals surface area contributed by atoms with Gasteiger partial charge in [0.05, 0.1) is 6.61 Å². The van der Waals surface area contributed by atoms with Gasteiger partial charge in [0.15, 0.2) is 0 Å². The van der Waals surface area contributed by atoms with Crippen LogP contribution in [0, 0.1) is 5.82 Å². The van der Waals surface area contributed by atoms with Crippen LogP contribution in [-0.4, -0.2) is 16.6 Å². The van der Waals surface area contributed by atoms with Crippen LogP contribution in [0.2, 0.25) is 0 Å². The van der Waals surface area contributed by atoms with Crippen LogP contribution >= 0.6 is 0 Å². The van der Waals surface area contributed by atoms with Gasteiger partial charge in [-0.3, -0.25) is 0 Å². The highest BCUT2D eigenvalue weighted by molar-refractivity contribution is 5.81. The van der Waals surface area contributed by atoms with Crippen LogP contribution in [0.4, 0.5) is 4.39 Å². The molecule has 0 aliphatic rings. The monoisotopic (exact) mass is 282 g/mol. The molecule has 0 amide bonds. The second kappa shape index (κ2) is 5.79. The third-order valence-electron chi connectivity index (χ3n) is 3.22. The van der Waals surface area contributed by atoms with Crippen LogP contribution in [-0.2, 0) is 0 Å². The van der Waals surface area contributed by atoms with Gasteiger partial charge in [-0.1, -0.05) is 18.2 Å². The Balaban J connectivity index is 2.18. The molecule has 1 aromatic heterocycles. The SMILES string of the molecule is CCOc1ccc(-c2ccccc2F)c(-c2ncc[nH]2)c1. The largest absolute Gasteiger partial charge is 0.494 e. The van der Waals surface area contributed by atoms with Crippen molar-refractivity contribution < 1.29 is 9.13 Å². The molecule has 3 aromatic rings. The fourth-order valence-corrected chi connectivity index (χ4v) is 2.30. The zero-order valence-electron chi connectivity index (χ0n) is 11.6. The fraction of sp³-hybridized carbons (Fsp3) is 0.118. The zero-order valence-corrected chi connectivity index (χ0v) is 11.6. The number of ether oxygens (including phenoxy) is 1. The Morgan fingerprint density at radius 1 is 1.10 bits per heavy atom. The first-order chi connectivity index (χ1) is 10.3. The van der Waals surface area contributed by atoms with Gasteiger partial charge in [-0.25, -0.2) is 9.37 Å². The summed E-state index contributed by atoms with van der Waals surface area (Å²) in [7, 11) is 0. The van der Waals surface area contributed by atoms with Crippen molar-refractivity contribution in [1.29, 1.82) is 0 Å². The van der Waals surface area contributed by atoms with E-state index in [4.69, 9.17) is 4.74 Å². The van der Waals surface area contributed by atoms with Crippen molar-refractivity contribution in [1.82, 2.24) is 9.97 Å². The number of H-pyrrole nitrogens is 1. The number of hydrogen-bond donors (Lipinski definition) is 1. The summed E-state index contributed by atoms with van der Waals surface area (Å²) in [4.78, 5) is 7.33. The van der Waals surface area contributed by atoms with Gasteiger partial charge in [0.25, 0.3) is 0 Å². The molecule has 21 heavy (non-hydrogen) atoms. The van der Waals surface area contributed by atoms with Crippen molar-refractivity contribution >= 4 is 0 Å². The third kappa shape index (κ3) is 2.65. The molecule has 0 spiro atoms. The summed E-state index contributed by atoms with van der Waals surface area (Å²) >= 11 is 0. The van der Waals surface area contributed by atoms with Crippen LogP contribution in [0.5, 0.6) is 5.75 Å². The average molecular weight is 282 g/mol. The molecule has 4 heteroatoms. The summed E-state index contributed by atoms with van der Waals surface area (Å²) in [6.07, 6.45) is 3.42. The highest BCUT2D eigenvalue weighted by Crippen LogP contribution is 2.34. The first-order valence-electron chi connectivity index (χ1n) is 6.81. The summed E-state index contributed by atoms with van der Waals surface area (Å²) in [5, 5.41) is 0. The molecule has 0 unspecified atom stereocenters. The Kier molecular flexibility index (Phi) is 3.69. The second-order valence-corrected chi connectivity index (χ2v) is 4.56. The minimum absolute atomic E-state index is 0.255. The minimum atomic E-state index is -0.255. The second-order valence-electron chi connectivity index (χ2n) is 4.56. The summed E-state index contributed by atoms with van der Waals surface area (Å²) in [6, 6.07) is 12.3. The molecule has 0 aliphatic carbocycles. The molecule has 1 heterocycles. The van der Waals surface area contributed by atoms with E-state index in [1.165, 1.54) is 6.07 Å². The molecule has 0 fully saturated rings. The number of benzene rings is 2. The maximum absolute atomic E-state index is 14.1. The topological polar surface area (TPSA) is 37.9 Å². The Labute approximate surface area is 122 Å². The van der Waals surface area contributed by atoms with E-state index < -0.39 is 0 Å². The van der Waals surface area contributed by atoms with Crippen molar-refractivity contribution in [3.05, 3.63) is 60.7 Å². The quantitative estimate of drug-likeness (QED) is 0.775. The fourth-order valence-electron chi connectivity index (χ4n) is 2.30. The summed E-state index contributed by atoms with van der Waals surface area (Å²) in [5.41, 5.74) is 2.15. The lowest BCUT2D eigenvalue weighted by atomic mass is 9.98. The van der Waals surface area contributed by atoms with Crippen molar-refractivity contribution in [2.75, 3.05) is 6.61 Å². The number of nitrogens with zero attached hydrogens (tertiary/aromatic N) is 1. The molecule has 3 rings (SSSR count). The van der Waals surface area contributed by atoms with Crippen molar-refractivity contribution in [2.45, 2.75) is 6.92 Å². The van der Waals surface area contributed by atoms with E-state index in [9.17, 15) is 4.39 Å². The van der Waals surface area contributed by atoms with Gasteiger partial charge in [0.2, 0.25) is 0 Å². The van der Waals surface area contributed by atoms with E-state index in [0.29, 0.717) is 18.0 Å². The molecule has 0 saturated carbocycles. The molecular weight excluding hydrogens is 267 g/mol. The van der Waals surface area contributed by atoms with Gasteiger partial charge in [-0.2, -0.15) is 0 Å². The summed E-state index contributed by atoms with van der Waals surface area (Å²) in [6.45, 7) is 2.51. The number of imidazole rings is 1. The molecule has 0 bridgehead atoms. The van der Waals surface area contributed by atoms with Crippen molar-refractivity contribution in [3.63, 3.8) is 0 Å². The van der Waals surface area contributed by atoms with Crippen molar-refractivity contribution in [2.24, 2.45) is 0 Å². The maximum atomic E-state index is 14.1. The van der Waals surface area contributed by atoms with Crippen LogP contribution in [0.15, 0.2) is 54.9 Å². The number of hydrogen-bond acceptors (Lipinski definition) is 2. The Bertz CT molecular complexity index is 738. The van der Waals surface area contributed by atoms with Crippen LogP contribution in [0.3, 0.4) is 0 Å². The molecule has 1 N–H and O–H groups in total. The van der Waals surface area contributed by atoms with E-state index in [1.807, 2.05) is 31.2 Å². The molecular formula is C17H15FN2O. The van der Waals surface area contributed by atoms with Gasteiger partial charge >= 0.3 is 0 Å². The minimum Gasteiger partial charge on any atom is -0.494 e. The van der Waals surface area contributed by atoms with Crippen LogP contribution in [0.25, 0.3) is 22.5 Å². The van der Waals surface area contributed by atoms with E-state index in [-0.39, 0.29) is 5.82 Å². The predicted molar refractivity (Wildman–Crippen MR) is 80.6 cm³/mol. The Morgan fingerprint density at radius 2 is 1.95 bits per heavy atom. The average Bonchev–Trinajstić information content (AvgIpc) is 3.02. The standard InChI is InChI=1S/C17H15FN2O/c1-2-21-12-7-8-13(14-5-3-4-6-16(14)18)15(11-12)17-19-9-10-20-17/h3-11H,2H2,1H3,(H,19,20). The van der Waals surface area contributed by atoms with E-state index in [2.05, 4.69) is 9.97 Å². The van der Waals surface area contributed by atoms with E-state index >= 15 is 0 Å². The molecule has 3 nitrogen and oxygen atoms in total. The molecule has 0 aliphatic heterocycles. The molecule has 106 valence electrons. The third-order valence-corrected chi connectivity index (χ3v) is 3.22. The van der Waals surface area contributed by atoms with Crippen LogP contribution < -0.4 is 4.74 Å². The summed E-state index contributed by atoms with van der Waals surface area (Å²) in [5.74, 6) is 1.17. The Hall–Kier alpha value is -2.62. The lowest BCUT2D eigenvalue weighted by molar-refractivity contribution is 0.340. The van der Waals surface area contributed by atoms with E-state index in [1.54, 1.807) is 24.5 Å². The Morgan fingerprint density at radius 3 is 2.67 bits per heavy atom. The first kappa shape index (κ1) is 13.4. The highest BCUT2D eigenvalue weighted by Gasteiger charge is 2.13. The van der Waals surface area contributed by atoms with Gasteiger partial charge in [0, 0.05) is 23.5 Å². The van der Waals surface area contributed by atoms with E-state index in [0.717, 1.165) is 16.9 Å². The molecule has 0 atom stereocenters. The summed E-state index contributed by atoms with van der Waals surface area (Å²) < 4.78 is 19.6. The number of nitrogens with one attached hydrogen (secondary N) is 1. The molecule has 2 aromatic carbocycles. The van der Waals surface area contributed by atoms with Crippen molar-refractivity contribution in [3.8, 4) is 28.3 Å². The number of halogens is 1. The highest BCUT2D eigenvalue weighted by atomic mass is 19.1. The van der Waals surface area contributed by atoms with Gasteiger partial charge < -0.3 is 9.72 Å². The zero-order chi connectivity index (χ0) is 14.7. The number of aromatic amines is 1. The van der Waals surface area contributed by atoms with Crippen LogP contribution in [0.1, 0.15) is 6.92 Å².